The Hall–Kier alpha value is -2.69. The molecular weight excluding hydrogens is 432 g/mol. The average molecular weight is 469 g/mol. The van der Waals surface area contributed by atoms with Crippen LogP contribution >= 0.6 is 0 Å². The fraction of sp³-hybridized carbons (Fsp3) is 0.773. The minimum absolute atomic E-state index is 0.144. The molecule has 0 aromatic rings. The highest BCUT2D eigenvalue weighted by molar-refractivity contribution is 5.92. The third-order valence-corrected chi connectivity index (χ3v) is 5.66. The van der Waals surface area contributed by atoms with Crippen LogP contribution in [0.25, 0.3) is 0 Å². The van der Waals surface area contributed by atoms with Crippen LogP contribution in [0.15, 0.2) is 0 Å². The smallest absolute Gasteiger partial charge is 0.405 e. The lowest BCUT2D eigenvalue weighted by Crippen LogP contribution is -2.58. The lowest BCUT2D eigenvalue weighted by molar-refractivity contribution is -0.135. The molecule has 1 aliphatic carbocycles. The first-order valence-corrected chi connectivity index (χ1v) is 11.4. The van der Waals surface area contributed by atoms with Crippen LogP contribution in [-0.4, -0.2) is 71.6 Å². The molecule has 0 bridgehead atoms. The quantitative estimate of drug-likeness (QED) is 0.258. The number of aldehydes is 1. The number of nitrogens with one attached hydrogen (secondary N) is 4. The summed E-state index contributed by atoms with van der Waals surface area (Å²) in [7, 11) is 0. The van der Waals surface area contributed by atoms with Crippen molar-refractivity contribution in [2.24, 2.45) is 11.8 Å². The lowest BCUT2D eigenvalue weighted by Gasteiger charge is -2.31. The van der Waals surface area contributed by atoms with Gasteiger partial charge in [-0.3, -0.25) is 14.4 Å². The first kappa shape index (κ1) is 26.6. The summed E-state index contributed by atoms with van der Waals surface area (Å²) in [6.45, 7) is 7.47. The van der Waals surface area contributed by atoms with E-state index in [9.17, 15) is 29.1 Å². The van der Waals surface area contributed by atoms with E-state index in [1.54, 1.807) is 27.7 Å². The minimum Gasteiger partial charge on any atom is -0.465 e. The Morgan fingerprint density at radius 1 is 1.12 bits per heavy atom. The van der Waals surface area contributed by atoms with Crippen molar-refractivity contribution in [3.63, 3.8) is 0 Å². The molecule has 2 rings (SSSR count). The van der Waals surface area contributed by atoms with Gasteiger partial charge in [0.1, 0.15) is 18.4 Å². The highest BCUT2D eigenvalue weighted by atomic mass is 16.5. The molecule has 5 atom stereocenters. The van der Waals surface area contributed by atoms with Gasteiger partial charge in [0.15, 0.2) is 0 Å². The summed E-state index contributed by atoms with van der Waals surface area (Å²) in [6.07, 6.45) is 1.42. The van der Waals surface area contributed by atoms with Crippen LogP contribution in [0.1, 0.15) is 59.8 Å². The van der Waals surface area contributed by atoms with Crippen molar-refractivity contribution >= 4 is 30.1 Å². The van der Waals surface area contributed by atoms with Crippen LogP contribution in [0, 0.1) is 11.8 Å². The van der Waals surface area contributed by atoms with Gasteiger partial charge in [-0.25, -0.2) is 4.79 Å². The van der Waals surface area contributed by atoms with E-state index in [1.165, 1.54) is 0 Å². The Balaban J connectivity index is 2.07. The van der Waals surface area contributed by atoms with Gasteiger partial charge in [-0.2, -0.15) is 0 Å². The van der Waals surface area contributed by atoms with Crippen molar-refractivity contribution in [1.82, 2.24) is 21.3 Å². The van der Waals surface area contributed by atoms with Crippen molar-refractivity contribution in [2.45, 2.75) is 89.6 Å². The summed E-state index contributed by atoms with van der Waals surface area (Å²) in [5.41, 5.74) is -0.618. The first-order valence-electron chi connectivity index (χ1n) is 11.4. The summed E-state index contributed by atoms with van der Waals surface area (Å²) in [4.78, 5) is 60.6. The maximum Gasteiger partial charge on any atom is 0.405 e. The molecule has 186 valence electrons. The number of amides is 4. The summed E-state index contributed by atoms with van der Waals surface area (Å²) < 4.78 is 5.75. The molecule has 2 fully saturated rings. The van der Waals surface area contributed by atoms with Crippen LogP contribution in [0.4, 0.5) is 4.79 Å². The SMILES string of the molecule is C[C@@H](OC(C)(C)C)[C@H](NC(=O)O)C(=O)NC(CC1CC1)C(=O)NC(C=O)CC1CCNC1=O. The van der Waals surface area contributed by atoms with Crippen molar-refractivity contribution < 1.29 is 33.8 Å². The standard InChI is InChI=1S/C22H36N4O7/c1-12(33-22(2,3)4)17(26-21(31)32)20(30)25-16(9-13-5-6-13)19(29)24-15(11-27)10-14-7-8-23-18(14)28/h11-17,26H,5-10H2,1-4H3,(H,23,28)(H,24,29)(H,25,30)(H,31,32)/t12-,14?,15?,16?,17+/m1/s1. The van der Waals surface area contributed by atoms with E-state index < -0.39 is 47.7 Å². The predicted molar refractivity (Wildman–Crippen MR) is 118 cm³/mol. The Morgan fingerprint density at radius 2 is 1.79 bits per heavy atom. The van der Waals surface area contributed by atoms with Crippen LogP contribution in [-0.2, 0) is 23.9 Å². The molecular formula is C22H36N4O7. The van der Waals surface area contributed by atoms with Crippen molar-refractivity contribution in [3.8, 4) is 0 Å². The highest BCUT2D eigenvalue weighted by Gasteiger charge is 2.36. The van der Waals surface area contributed by atoms with E-state index in [4.69, 9.17) is 4.74 Å². The predicted octanol–water partition coefficient (Wildman–Crippen LogP) is 0.321. The highest BCUT2D eigenvalue weighted by Crippen LogP contribution is 2.33. The van der Waals surface area contributed by atoms with E-state index in [2.05, 4.69) is 21.3 Å². The van der Waals surface area contributed by atoms with Gasteiger partial charge in [0, 0.05) is 12.5 Å². The molecule has 0 spiro atoms. The lowest BCUT2D eigenvalue weighted by atomic mass is 9.98. The zero-order valence-corrected chi connectivity index (χ0v) is 19.7. The molecule has 5 N–H and O–H groups in total. The topological polar surface area (TPSA) is 163 Å². The summed E-state index contributed by atoms with van der Waals surface area (Å²) >= 11 is 0. The van der Waals surface area contributed by atoms with E-state index in [0.717, 1.165) is 12.8 Å². The molecule has 0 aromatic heterocycles. The number of carbonyl (C=O) groups excluding carboxylic acids is 4. The molecule has 11 heteroatoms. The van der Waals surface area contributed by atoms with Gasteiger partial charge in [0.25, 0.3) is 0 Å². The second-order valence-electron chi connectivity index (χ2n) is 9.87. The molecule has 0 radical (unpaired) electrons. The Bertz CT molecular complexity index is 748. The van der Waals surface area contributed by atoms with Gasteiger partial charge in [0.2, 0.25) is 17.7 Å². The van der Waals surface area contributed by atoms with Gasteiger partial charge < -0.3 is 35.9 Å². The third-order valence-electron chi connectivity index (χ3n) is 5.66. The molecule has 1 saturated heterocycles. The molecule has 3 unspecified atom stereocenters. The van der Waals surface area contributed by atoms with E-state index in [-0.39, 0.29) is 24.2 Å². The largest absolute Gasteiger partial charge is 0.465 e. The van der Waals surface area contributed by atoms with Gasteiger partial charge >= 0.3 is 6.09 Å². The van der Waals surface area contributed by atoms with Crippen LogP contribution in [0.3, 0.4) is 0 Å². The van der Waals surface area contributed by atoms with Crippen molar-refractivity contribution in [1.29, 1.82) is 0 Å². The van der Waals surface area contributed by atoms with Crippen LogP contribution < -0.4 is 21.3 Å². The molecule has 1 saturated carbocycles. The molecule has 0 aromatic carbocycles. The maximum absolute atomic E-state index is 13.0. The average Bonchev–Trinajstić information content (AvgIpc) is 3.43. The number of carbonyl (C=O) groups is 5. The molecule has 2 aliphatic rings. The zero-order chi connectivity index (χ0) is 24.8. The van der Waals surface area contributed by atoms with Crippen molar-refractivity contribution in [2.75, 3.05) is 6.54 Å². The first-order chi connectivity index (χ1) is 15.4. The summed E-state index contributed by atoms with van der Waals surface area (Å²) in [5, 5.41) is 19.3. The van der Waals surface area contributed by atoms with Crippen LogP contribution in [0.2, 0.25) is 0 Å². The van der Waals surface area contributed by atoms with Gasteiger partial charge in [-0.05, 0) is 52.9 Å². The van der Waals surface area contributed by atoms with Crippen molar-refractivity contribution in [3.05, 3.63) is 0 Å². The number of carboxylic acid groups (broad SMARTS) is 1. The van der Waals surface area contributed by atoms with Crippen LogP contribution in [0.5, 0.6) is 0 Å². The fourth-order valence-corrected chi connectivity index (χ4v) is 3.94. The Morgan fingerprint density at radius 3 is 2.27 bits per heavy atom. The maximum atomic E-state index is 13.0. The number of rotatable bonds is 12. The summed E-state index contributed by atoms with van der Waals surface area (Å²) in [5.74, 6) is -1.45. The number of ether oxygens (including phenoxy) is 1. The number of hydrogen-bond donors (Lipinski definition) is 5. The van der Waals surface area contributed by atoms with Gasteiger partial charge in [-0.15, -0.1) is 0 Å². The zero-order valence-electron chi connectivity index (χ0n) is 19.7. The Kier molecular flexibility index (Phi) is 9.21. The molecule has 33 heavy (non-hydrogen) atoms. The molecule has 1 aliphatic heterocycles. The summed E-state index contributed by atoms with van der Waals surface area (Å²) in [6, 6.07) is -3.04. The minimum atomic E-state index is -1.39. The van der Waals surface area contributed by atoms with Gasteiger partial charge in [-0.1, -0.05) is 12.8 Å². The second-order valence-corrected chi connectivity index (χ2v) is 9.87. The molecule has 1 heterocycles. The van der Waals surface area contributed by atoms with E-state index in [1.807, 2.05) is 0 Å². The molecule has 4 amide bonds. The third kappa shape index (κ3) is 8.99. The molecule has 11 nitrogen and oxygen atoms in total. The van der Waals surface area contributed by atoms with E-state index in [0.29, 0.717) is 25.7 Å². The van der Waals surface area contributed by atoms with E-state index >= 15 is 0 Å². The fourth-order valence-electron chi connectivity index (χ4n) is 3.94. The second kappa shape index (κ2) is 11.4. The Labute approximate surface area is 193 Å². The van der Waals surface area contributed by atoms with Gasteiger partial charge in [0.05, 0.1) is 17.7 Å². The monoisotopic (exact) mass is 468 g/mol. The normalized spacial score (nSPS) is 21.8. The number of hydrogen-bond acceptors (Lipinski definition) is 6.